The average molecular weight is 213 g/mol. The number of rotatable bonds is 6. The molecule has 1 amide bonds. The number of hydrogen-bond donors (Lipinski definition) is 2. The van der Waals surface area contributed by atoms with E-state index in [1.807, 2.05) is 0 Å². The fraction of sp³-hybridized carbons (Fsp3) is 0.917. The molecule has 1 aliphatic rings. The Morgan fingerprint density at radius 2 is 2.20 bits per heavy atom. The molecule has 3 nitrogen and oxygen atoms in total. The topological polar surface area (TPSA) is 49.3 Å². The van der Waals surface area contributed by atoms with Gasteiger partial charge >= 0.3 is 0 Å². The number of aliphatic hydroxyl groups is 1. The van der Waals surface area contributed by atoms with Crippen molar-refractivity contribution in [1.29, 1.82) is 0 Å². The van der Waals surface area contributed by atoms with Gasteiger partial charge in [0.2, 0.25) is 5.91 Å². The lowest BCUT2D eigenvalue weighted by Crippen LogP contribution is -2.46. The summed E-state index contributed by atoms with van der Waals surface area (Å²) >= 11 is 0. The number of hydrogen-bond acceptors (Lipinski definition) is 2. The van der Waals surface area contributed by atoms with E-state index in [1.165, 1.54) is 6.42 Å². The Bertz CT molecular complexity index is 206. The second-order valence-corrected chi connectivity index (χ2v) is 4.81. The maximum absolute atomic E-state index is 11.9. The minimum Gasteiger partial charge on any atom is -0.396 e. The first-order chi connectivity index (χ1) is 7.14. The number of amides is 1. The zero-order valence-electron chi connectivity index (χ0n) is 9.88. The van der Waals surface area contributed by atoms with Crippen LogP contribution in [0.2, 0.25) is 0 Å². The number of aliphatic hydroxyl groups excluding tert-OH is 1. The van der Waals surface area contributed by atoms with Crippen molar-refractivity contribution in [2.45, 2.75) is 46.0 Å². The second kappa shape index (κ2) is 5.50. The summed E-state index contributed by atoms with van der Waals surface area (Å²) in [7, 11) is 0. The molecule has 0 aromatic rings. The molecular formula is C12H23NO2. The number of carbonyl (C=O) groups is 1. The van der Waals surface area contributed by atoms with E-state index in [9.17, 15) is 4.79 Å². The van der Waals surface area contributed by atoms with E-state index in [1.54, 1.807) is 0 Å². The third-order valence-corrected chi connectivity index (χ3v) is 3.70. The van der Waals surface area contributed by atoms with Gasteiger partial charge in [0, 0.05) is 18.6 Å². The smallest absolute Gasteiger partial charge is 0.226 e. The molecule has 1 atom stereocenters. The summed E-state index contributed by atoms with van der Waals surface area (Å²) in [5.41, 5.74) is -0.0566. The summed E-state index contributed by atoms with van der Waals surface area (Å²) in [6.07, 6.45) is 4.99. The van der Waals surface area contributed by atoms with Gasteiger partial charge in [-0.1, -0.05) is 20.3 Å². The fourth-order valence-corrected chi connectivity index (χ4v) is 2.12. The summed E-state index contributed by atoms with van der Waals surface area (Å²) < 4.78 is 0. The molecule has 0 aromatic heterocycles. The maximum atomic E-state index is 11.9. The Hall–Kier alpha value is -0.570. The molecule has 1 aliphatic carbocycles. The summed E-state index contributed by atoms with van der Waals surface area (Å²) in [6.45, 7) is 5.04. The van der Waals surface area contributed by atoms with Crippen LogP contribution in [0.15, 0.2) is 0 Å². The third kappa shape index (κ3) is 2.94. The van der Waals surface area contributed by atoms with Crippen LogP contribution in [0.3, 0.4) is 0 Å². The second-order valence-electron chi connectivity index (χ2n) is 4.81. The maximum Gasteiger partial charge on any atom is 0.226 e. The quantitative estimate of drug-likeness (QED) is 0.705. The van der Waals surface area contributed by atoms with Gasteiger partial charge in [-0.3, -0.25) is 4.79 Å². The molecule has 0 heterocycles. The average Bonchev–Trinajstić information content (AvgIpc) is 2.14. The third-order valence-electron chi connectivity index (χ3n) is 3.70. The van der Waals surface area contributed by atoms with Gasteiger partial charge in [-0.05, 0) is 31.6 Å². The van der Waals surface area contributed by atoms with Crippen LogP contribution >= 0.6 is 0 Å². The van der Waals surface area contributed by atoms with Crippen LogP contribution in [0.25, 0.3) is 0 Å². The normalized spacial score (nSPS) is 20.5. The lowest BCUT2D eigenvalue weighted by atomic mass is 9.66. The predicted octanol–water partition coefficient (Wildman–Crippen LogP) is 1.70. The van der Waals surface area contributed by atoms with Crippen LogP contribution in [0.5, 0.6) is 0 Å². The standard InChI is InChI=1S/C12H23NO2/c1-3-12(6-4-7-12)11(15)13-9-10(2)5-8-14/h10,14H,3-9H2,1-2H3,(H,13,15). The largest absolute Gasteiger partial charge is 0.396 e. The van der Waals surface area contributed by atoms with Crippen LogP contribution in [0.1, 0.15) is 46.0 Å². The van der Waals surface area contributed by atoms with E-state index in [0.717, 1.165) is 25.7 Å². The van der Waals surface area contributed by atoms with E-state index in [2.05, 4.69) is 19.2 Å². The SMILES string of the molecule is CCC1(C(=O)NCC(C)CCO)CCC1. The molecule has 1 fully saturated rings. The predicted molar refractivity (Wildman–Crippen MR) is 60.5 cm³/mol. The van der Waals surface area contributed by atoms with E-state index in [0.29, 0.717) is 12.5 Å². The molecule has 0 saturated heterocycles. The van der Waals surface area contributed by atoms with Crippen molar-refractivity contribution < 1.29 is 9.90 Å². The van der Waals surface area contributed by atoms with Crippen molar-refractivity contribution in [2.75, 3.05) is 13.2 Å². The molecule has 0 aliphatic heterocycles. The van der Waals surface area contributed by atoms with Crippen LogP contribution in [0, 0.1) is 11.3 Å². The van der Waals surface area contributed by atoms with Crippen molar-refractivity contribution in [3.05, 3.63) is 0 Å². The number of carbonyl (C=O) groups excluding carboxylic acids is 1. The van der Waals surface area contributed by atoms with E-state index >= 15 is 0 Å². The molecule has 0 aromatic carbocycles. The molecule has 0 bridgehead atoms. The minimum absolute atomic E-state index is 0.0566. The molecule has 88 valence electrons. The van der Waals surface area contributed by atoms with Gasteiger partial charge in [0.05, 0.1) is 0 Å². The Kier molecular flexibility index (Phi) is 4.58. The lowest BCUT2D eigenvalue weighted by Gasteiger charge is -2.39. The van der Waals surface area contributed by atoms with Crippen LogP contribution in [-0.2, 0) is 4.79 Å². The van der Waals surface area contributed by atoms with Crippen molar-refractivity contribution in [3.8, 4) is 0 Å². The molecule has 2 N–H and O–H groups in total. The Morgan fingerprint density at radius 3 is 2.60 bits per heavy atom. The summed E-state index contributed by atoms with van der Waals surface area (Å²) in [5, 5.41) is 11.8. The first kappa shape index (κ1) is 12.5. The van der Waals surface area contributed by atoms with Crippen molar-refractivity contribution >= 4 is 5.91 Å². The first-order valence-corrected chi connectivity index (χ1v) is 6.04. The lowest BCUT2D eigenvalue weighted by molar-refractivity contribution is -0.136. The molecule has 1 unspecified atom stereocenters. The molecule has 15 heavy (non-hydrogen) atoms. The molecule has 1 saturated carbocycles. The van der Waals surface area contributed by atoms with Crippen LogP contribution in [0.4, 0.5) is 0 Å². The fourth-order valence-electron chi connectivity index (χ4n) is 2.12. The van der Waals surface area contributed by atoms with Gasteiger partial charge in [0.25, 0.3) is 0 Å². The zero-order valence-corrected chi connectivity index (χ0v) is 9.88. The van der Waals surface area contributed by atoms with E-state index in [4.69, 9.17) is 5.11 Å². The Balaban J connectivity index is 2.29. The Labute approximate surface area is 92.3 Å². The highest BCUT2D eigenvalue weighted by molar-refractivity contribution is 5.83. The molecule has 0 radical (unpaired) electrons. The molecule has 0 spiro atoms. The van der Waals surface area contributed by atoms with Gasteiger partial charge in [-0.25, -0.2) is 0 Å². The highest BCUT2D eigenvalue weighted by atomic mass is 16.3. The van der Waals surface area contributed by atoms with Gasteiger partial charge < -0.3 is 10.4 Å². The Morgan fingerprint density at radius 1 is 1.53 bits per heavy atom. The van der Waals surface area contributed by atoms with E-state index in [-0.39, 0.29) is 17.9 Å². The highest BCUT2D eigenvalue weighted by Gasteiger charge is 2.41. The van der Waals surface area contributed by atoms with Gasteiger partial charge in [0.15, 0.2) is 0 Å². The molecule has 3 heteroatoms. The van der Waals surface area contributed by atoms with Gasteiger partial charge in [-0.2, -0.15) is 0 Å². The summed E-state index contributed by atoms with van der Waals surface area (Å²) in [5.74, 6) is 0.592. The van der Waals surface area contributed by atoms with Gasteiger partial charge in [-0.15, -0.1) is 0 Å². The zero-order chi connectivity index (χ0) is 11.3. The molecular weight excluding hydrogens is 190 g/mol. The monoisotopic (exact) mass is 213 g/mol. The van der Waals surface area contributed by atoms with Gasteiger partial charge in [0.1, 0.15) is 0 Å². The van der Waals surface area contributed by atoms with Crippen molar-refractivity contribution in [3.63, 3.8) is 0 Å². The van der Waals surface area contributed by atoms with Crippen LogP contribution < -0.4 is 5.32 Å². The summed E-state index contributed by atoms with van der Waals surface area (Å²) in [4.78, 5) is 11.9. The summed E-state index contributed by atoms with van der Waals surface area (Å²) in [6, 6.07) is 0. The molecule has 1 rings (SSSR count). The van der Waals surface area contributed by atoms with E-state index < -0.39 is 0 Å². The minimum atomic E-state index is -0.0566. The van der Waals surface area contributed by atoms with Crippen molar-refractivity contribution in [2.24, 2.45) is 11.3 Å². The number of nitrogens with one attached hydrogen (secondary N) is 1. The first-order valence-electron chi connectivity index (χ1n) is 6.04. The van der Waals surface area contributed by atoms with Crippen molar-refractivity contribution in [1.82, 2.24) is 5.32 Å². The van der Waals surface area contributed by atoms with Crippen LogP contribution in [-0.4, -0.2) is 24.2 Å². The highest BCUT2D eigenvalue weighted by Crippen LogP contribution is 2.43.